The molecule has 0 saturated carbocycles. The molecule has 23 heavy (non-hydrogen) atoms. The molecule has 1 heterocycles. The molecule has 2 aromatic rings. The van der Waals surface area contributed by atoms with Gasteiger partial charge in [0, 0.05) is 26.2 Å². The molecule has 2 rings (SSSR count). The Balaban J connectivity index is 0.00000264. The smallest absolute Gasteiger partial charge is 0.191 e. The summed E-state index contributed by atoms with van der Waals surface area (Å²) in [5, 5.41) is 10.5. The van der Waals surface area contributed by atoms with Crippen LogP contribution < -0.4 is 15.4 Å². The number of nitrogens with one attached hydrogen (secondary N) is 2. The first kappa shape index (κ1) is 19.2. The Labute approximate surface area is 153 Å². The van der Waals surface area contributed by atoms with Gasteiger partial charge in [-0.3, -0.25) is 9.67 Å². The molecule has 2 N–H and O–H groups in total. The lowest BCUT2D eigenvalue weighted by atomic mass is 10.1. The topological polar surface area (TPSA) is 76.4 Å². The van der Waals surface area contributed by atoms with Gasteiger partial charge in [-0.25, -0.2) is 4.98 Å². The van der Waals surface area contributed by atoms with E-state index in [1.165, 1.54) is 11.9 Å². The highest BCUT2D eigenvalue weighted by Gasteiger charge is 2.06. The minimum absolute atomic E-state index is 0. The summed E-state index contributed by atoms with van der Waals surface area (Å²) < 4.78 is 7.13. The molecule has 0 saturated heterocycles. The average Bonchev–Trinajstić information content (AvgIpc) is 2.93. The van der Waals surface area contributed by atoms with Crippen LogP contribution in [0.4, 0.5) is 0 Å². The Bertz CT molecular complexity index is 655. The fourth-order valence-corrected chi connectivity index (χ4v) is 2.04. The van der Waals surface area contributed by atoms with Crippen molar-refractivity contribution in [2.24, 2.45) is 12.0 Å². The second-order valence-electron chi connectivity index (χ2n) is 4.89. The number of benzene rings is 1. The Morgan fingerprint density at radius 2 is 2.04 bits per heavy atom. The first-order valence-corrected chi connectivity index (χ1v) is 7.05. The summed E-state index contributed by atoms with van der Waals surface area (Å²) in [6.07, 6.45) is 1.53. The van der Waals surface area contributed by atoms with Crippen molar-refractivity contribution in [1.82, 2.24) is 25.4 Å². The van der Waals surface area contributed by atoms with Crippen molar-refractivity contribution in [2.45, 2.75) is 20.0 Å². The largest absolute Gasteiger partial charge is 0.496 e. The Kier molecular flexibility index (Phi) is 7.79. The van der Waals surface area contributed by atoms with Crippen molar-refractivity contribution in [2.75, 3.05) is 14.2 Å². The third-order valence-corrected chi connectivity index (χ3v) is 3.33. The lowest BCUT2D eigenvalue weighted by molar-refractivity contribution is 0.408. The van der Waals surface area contributed by atoms with E-state index in [-0.39, 0.29) is 24.0 Å². The number of halogens is 1. The van der Waals surface area contributed by atoms with E-state index in [0.29, 0.717) is 19.0 Å². The van der Waals surface area contributed by atoms with Gasteiger partial charge in [-0.05, 0) is 18.6 Å². The van der Waals surface area contributed by atoms with Gasteiger partial charge in [-0.15, -0.1) is 24.0 Å². The highest BCUT2D eigenvalue weighted by atomic mass is 127. The predicted octanol–water partition coefficient (Wildman–Crippen LogP) is 1.62. The van der Waals surface area contributed by atoms with Gasteiger partial charge in [-0.2, -0.15) is 5.10 Å². The molecule has 0 radical (unpaired) electrons. The van der Waals surface area contributed by atoms with Crippen LogP contribution in [-0.4, -0.2) is 34.9 Å². The van der Waals surface area contributed by atoms with Gasteiger partial charge in [0.2, 0.25) is 0 Å². The summed E-state index contributed by atoms with van der Waals surface area (Å²) in [5.74, 6) is 2.41. The summed E-state index contributed by atoms with van der Waals surface area (Å²) in [6.45, 7) is 3.23. The zero-order valence-corrected chi connectivity index (χ0v) is 16.2. The molecule has 0 spiro atoms. The van der Waals surface area contributed by atoms with E-state index in [4.69, 9.17) is 4.74 Å². The number of aromatic nitrogens is 3. The average molecular weight is 430 g/mol. The van der Waals surface area contributed by atoms with E-state index in [9.17, 15) is 0 Å². The standard InChI is InChI=1S/C15H22N6O.HI/c1-11-5-6-12(13(7-11)22-4)8-17-15(16-2)18-9-14-19-10-20-21(14)3;/h5-7,10H,8-9H2,1-4H3,(H2,16,17,18);1H. The molecule has 126 valence electrons. The third-order valence-electron chi connectivity index (χ3n) is 3.33. The van der Waals surface area contributed by atoms with Crippen LogP contribution in [0, 0.1) is 6.92 Å². The van der Waals surface area contributed by atoms with Crippen LogP contribution in [0.2, 0.25) is 0 Å². The number of aliphatic imine (C=N–C) groups is 1. The monoisotopic (exact) mass is 430 g/mol. The highest BCUT2D eigenvalue weighted by Crippen LogP contribution is 2.19. The van der Waals surface area contributed by atoms with E-state index in [1.807, 2.05) is 20.0 Å². The van der Waals surface area contributed by atoms with E-state index in [1.54, 1.807) is 18.8 Å². The lowest BCUT2D eigenvalue weighted by Gasteiger charge is -2.14. The van der Waals surface area contributed by atoms with Crippen LogP contribution in [0.3, 0.4) is 0 Å². The van der Waals surface area contributed by atoms with Crippen LogP contribution in [0.1, 0.15) is 17.0 Å². The Morgan fingerprint density at radius 3 is 2.65 bits per heavy atom. The van der Waals surface area contributed by atoms with Crippen LogP contribution in [0.15, 0.2) is 29.5 Å². The first-order valence-electron chi connectivity index (χ1n) is 7.05. The number of aryl methyl sites for hydroxylation is 2. The van der Waals surface area contributed by atoms with Gasteiger partial charge in [0.25, 0.3) is 0 Å². The molecule has 8 heteroatoms. The maximum absolute atomic E-state index is 5.40. The molecule has 1 aromatic carbocycles. The summed E-state index contributed by atoms with van der Waals surface area (Å²) in [5.41, 5.74) is 2.25. The molecule has 1 aromatic heterocycles. The van der Waals surface area contributed by atoms with Crippen molar-refractivity contribution in [3.05, 3.63) is 41.5 Å². The normalized spacial score (nSPS) is 10.9. The number of hydrogen-bond acceptors (Lipinski definition) is 4. The quantitative estimate of drug-likeness (QED) is 0.429. The molecule has 0 aliphatic heterocycles. The maximum Gasteiger partial charge on any atom is 0.191 e. The minimum atomic E-state index is 0. The Hall–Kier alpha value is -1.84. The van der Waals surface area contributed by atoms with Crippen LogP contribution in [0.5, 0.6) is 5.75 Å². The zero-order valence-electron chi connectivity index (χ0n) is 13.8. The molecule has 0 amide bonds. The van der Waals surface area contributed by atoms with Gasteiger partial charge in [0.05, 0.1) is 13.7 Å². The second-order valence-corrected chi connectivity index (χ2v) is 4.89. The van der Waals surface area contributed by atoms with E-state index >= 15 is 0 Å². The highest BCUT2D eigenvalue weighted by molar-refractivity contribution is 14.0. The Morgan fingerprint density at radius 1 is 1.30 bits per heavy atom. The molecular formula is C15H23IN6O. The van der Waals surface area contributed by atoms with Crippen molar-refractivity contribution < 1.29 is 4.74 Å². The SMILES string of the molecule is CN=C(NCc1ccc(C)cc1OC)NCc1ncnn1C.I. The third kappa shape index (κ3) is 5.38. The maximum atomic E-state index is 5.40. The van der Waals surface area contributed by atoms with E-state index in [0.717, 1.165) is 17.1 Å². The fraction of sp³-hybridized carbons (Fsp3) is 0.400. The number of nitrogens with zero attached hydrogens (tertiary/aromatic N) is 4. The van der Waals surface area contributed by atoms with Gasteiger partial charge in [0.1, 0.15) is 17.9 Å². The van der Waals surface area contributed by atoms with Crippen LogP contribution in [-0.2, 0) is 20.1 Å². The molecule has 0 aliphatic rings. The lowest BCUT2D eigenvalue weighted by Crippen LogP contribution is -2.37. The van der Waals surface area contributed by atoms with Gasteiger partial charge in [0.15, 0.2) is 5.96 Å². The molecule has 0 bridgehead atoms. The number of hydrogen-bond donors (Lipinski definition) is 2. The molecular weight excluding hydrogens is 407 g/mol. The molecule has 0 unspecified atom stereocenters. The molecule has 7 nitrogen and oxygen atoms in total. The van der Waals surface area contributed by atoms with Gasteiger partial charge < -0.3 is 15.4 Å². The van der Waals surface area contributed by atoms with Crippen molar-refractivity contribution in [3.8, 4) is 5.75 Å². The molecule has 0 aliphatic carbocycles. The van der Waals surface area contributed by atoms with Crippen molar-refractivity contribution in [3.63, 3.8) is 0 Å². The molecule has 0 fully saturated rings. The zero-order chi connectivity index (χ0) is 15.9. The number of guanidine groups is 1. The summed E-state index contributed by atoms with van der Waals surface area (Å²) in [7, 11) is 5.27. The molecule has 0 atom stereocenters. The van der Waals surface area contributed by atoms with Crippen LogP contribution >= 0.6 is 24.0 Å². The number of rotatable bonds is 5. The summed E-state index contributed by atoms with van der Waals surface area (Å²) in [4.78, 5) is 8.37. The van der Waals surface area contributed by atoms with Gasteiger partial charge >= 0.3 is 0 Å². The fourth-order valence-electron chi connectivity index (χ4n) is 2.04. The predicted molar refractivity (Wildman–Crippen MR) is 101 cm³/mol. The minimum Gasteiger partial charge on any atom is -0.496 e. The van der Waals surface area contributed by atoms with Gasteiger partial charge in [-0.1, -0.05) is 12.1 Å². The number of ether oxygens (including phenoxy) is 1. The van der Waals surface area contributed by atoms with E-state index < -0.39 is 0 Å². The number of methoxy groups -OCH3 is 1. The summed E-state index contributed by atoms with van der Waals surface area (Å²) >= 11 is 0. The van der Waals surface area contributed by atoms with Crippen molar-refractivity contribution in [1.29, 1.82) is 0 Å². The van der Waals surface area contributed by atoms with Crippen molar-refractivity contribution >= 4 is 29.9 Å². The summed E-state index contributed by atoms with van der Waals surface area (Å²) in [6, 6.07) is 6.14. The van der Waals surface area contributed by atoms with E-state index in [2.05, 4.69) is 37.8 Å². The first-order chi connectivity index (χ1) is 10.6. The van der Waals surface area contributed by atoms with Crippen LogP contribution in [0.25, 0.3) is 0 Å². The second kappa shape index (κ2) is 9.33.